The van der Waals surface area contributed by atoms with Gasteiger partial charge in [-0.15, -0.1) is 0 Å². The van der Waals surface area contributed by atoms with Crippen molar-refractivity contribution in [1.29, 1.82) is 0 Å². The van der Waals surface area contributed by atoms with E-state index in [-0.39, 0.29) is 27.7 Å². The zero-order chi connectivity index (χ0) is 17.7. The zero-order valence-electron chi connectivity index (χ0n) is 12.8. The first kappa shape index (κ1) is 17.6. The number of carboxylic acid groups (broad SMARTS) is 1. The van der Waals surface area contributed by atoms with Gasteiger partial charge in [-0.3, -0.25) is 0 Å². The van der Waals surface area contributed by atoms with Crippen molar-refractivity contribution < 1.29 is 28.2 Å². The maximum Gasteiger partial charge on any atom is 0.339 e. The van der Waals surface area contributed by atoms with Gasteiger partial charge in [-0.25, -0.2) is 13.2 Å². The van der Waals surface area contributed by atoms with E-state index < -0.39 is 15.8 Å². The van der Waals surface area contributed by atoms with Crippen LogP contribution in [0.2, 0.25) is 0 Å². The molecule has 0 spiro atoms. The maximum absolute atomic E-state index is 12.1. The third kappa shape index (κ3) is 4.36. The van der Waals surface area contributed by atoms with Crippen LogP contribution in [0.3, 0.4) is 0 Å². The molecule has 2 N–H and O–H groups in total. The molecule has 2 rings (SSSR count). The molecule has 0 saturated heterocycles. The van der Waals surface area contributed by atoms with Crippen molar-refractivity contribution in [2.75, 3.05) is 5.75 Å². The number of hydrogen-bond donors (Lipinski definition) is 2. The number of carboxylic acids is 1. The van der Waals surface area contributed by atoms with Crippen LogP contribution in [0.25, 0.3) is 0 Å². The van der Waals surface area contributed by atoms with Gasteiger partial charge >= 0.3 is 5.97 Å². The monoisotopic (exact) mass is 348 g/mol. The second-order valence-corrected chi connectivity index (χ2v) is 7.10. The summed E-state index contributed by atoms with van der Waals surface area (Å²) in [6, 6.07) is 10.2. The number of aryl methyl sites for hydroxylation is 1. The van der Waals surface area contributed by atoms with Crippen LogP contribution in [0, 0.1) is 6.92 Å². The molecule has 0 amide bonds. The van der Waals surface area contributed by atoms with Crippen LogP contribution in [-0.4, -0.2) is 30.4 Å². The van der Waals surface area contributed by atoms with Crippen molar-refractivity contribution in [2.24, 2.45) is 0 Å². The minimum atomic E-state index is -3.46. The van der Waals surface area contributed by atoms with Crippen molar-refractivity contribution in [3.63, 3.8) is 0 Å². The number of ether oxygens (including phenoxy) is 1. The van der Waals surface area contributed by atoms with Gasteiger partial charge in [-0.2, -0.15) is 0 Å². The van der Waals surface area contributed by atoms with Crippen molar-refractivity contribution in [3.8, 4) is 11.5 Å². The first-order chi connectivity index (χ1) is 11.3. The largest absolute Gasteiger partial charge is 0.507 e. The molecule has 0 radical (unpaired) electrons. The van der Waals surface area contributed by atoms with Crippen LogP contribution in [-0.2, 0) is 9.84 Å². The highest BCUT2D eigenvalue weighted by Gasteiger charge is 2.12. The van der Waals surface area contributed by atoms with Crippen LogP contribution >= 0.6 is 0 Å². The lowest BCUT2D eigenvalue weighted by molar-refractivity contribution is 0.0693. The molecule has 0 saturated carbocycles. The molecule has 0 aliphatic heterocycles. The first-order valence-corrected chi connectivity index (χ1v) is 8.62. The fourth-order valence-electron chi connectivity index (χ4n) is 1.89. The Morgan fingerprint density at radius 3 is 2.46 bits per heavy atom. The Morgan fingerprint density at radius 2 is 1.83 bits per heavy atom. The summed E-state index contributed by atoms with van der Waals surface area (Å²) in [6.45, 7) is 1.87. The Kier molecular flexibility index (Phi) is 5.25. The van der Waals surface area contributed by atoms with Crippen LogP contribution in [0.5, 0.6) is 11.5 Å². The molecule has 2 aromatic rings. The predicted octanol–water partition coefficient (Wildman–Crippen LogP) is 2.77. The highest BCUT2D eigenvalue weighted by atomic mass is 32.2. The van der Waals surface area contributed by atoms with Crippen LogP contribution in [0.4, 0.5) is 0 Å². The molecular weight excluding hydrogens is 332 g/mol. The van der Waals surface area contributed by atoms with Gasteiger partial charge in [0, 0.05) is 0 Å². The van der Waals surface area contributed by atoms with E-state index in [2.05, 4.69) is 0 Å². The summed E-state index contributed by atoms with van der Waals surface area (Å²) < 4.78 is 29.4. The molecule has 0 aliphatic carbocycles. The standard InChI is InChI=1S/C17H16O6S/c1-12-3-6-14(7-4-12)24(21,22)10-2-9-23-13-5-8-16(18)15(11-13)17(19)20/h2-9,11,18H,10H2,1H3,(H,19,20). The highest BCUT2D eigenvalue weighted by molar-refractivity contribution is 7.91. The Balaban J connectivity index is 2.03. The molecule has 24 heavy (non-hydrogen) atoms. The van der Waals surface area contributed by atoms with Gasteiger partial charge in [0.15, 0.2) is 9.84 Å². The van der Waals surface area contributed by atoms with E-state index in [1.807, 2.05) is 6.92 Å². The third-order valence-corrected chi connectivity index (χ3v) is 4.82. The van der Waals surface area contributed by atoms with E-state index in [0.29, 0.717) is 0 Å². The number of sulfone groups is 1. The van der Waals surface area contributed by atoms with Gasteiger partial charge in [0.25, 0.3) is 0 Å². The lowest BCUT2D eigenvalue weighted by Crippen LogP contribution is -2.04. The number of carbonyl (C=O) groups is 1. The fourth-order valence-corrected chi connectivity index (χ4v) is 2.97. The Hall–Kier alpha value is -2.80. The molecular formula is C17H16O6S. The van der Waals surface area contributed by atoms with Crippen molar-refractivity contribution in [1.82, 2.24) is 0 Å². The summed E-state index contributed by atoms with van der Waals surface area (Å²) in [5.74, 6) is -1.74. The first-order valence-electron chi connectivity index (χ1n) is 6.97. The van der Waals surface area contributed by atoms with E-state index in [1.165, 1.54) is 24.5 Å². The van der Waals surface area contributed by atoms with Gasteiger partial charge in [-0.1, -0.05) is 17.7 Å². The second-order valence-electron chi connectivity index (χ2n) is 5.07. The summed E-state index contributed by atoms with van der Waals surface area (Å²) in [6.07, 6.45) is 2.49. The number of aromatic hydroxyl groups is 1. The number of rotatable bonds is 6. The van der Waals surface area contributed by atoms with Crippen molar-refractivity contribution in [2.45, 2.75) is 11.8 Å². The van der Waals surface area contributed by atoms with E-state index in [0.717, 1.165) is 11.6 Å². The van der Waals surface area contributed by atoms with Crippen LogP contribution < -0.4 is 4.74 Å². The smallest absolute Gasteiger partial charge is 0.339 e. The Labute approximate surface area is 139 Å². The number of benzene rings is 2. The normalized spacial score (nSPS) is 11.5. The van der Waals surface area contributed by atoms with E-state index in [9.17, 15) is 18.3 Å². The summed E-state index contributed by atoms with van der Waals surface area (Å²) in [7, 11) is -3.46. The topological polar surface area (TPSA) is 101 Å². The molecule has 0 aromatic heterocycles. The Bertz CT molecular complexity index is 866. The molecule has 7 heteroatoms. The highest BCUT2D eigenvalue weighted by Crippen LogP contribution is 2.23. The molecule has 0 aliphatic rings. The average Bonchev–Trinajstić information content (AvgIpc) is 2.53. The van der Waals surface area contributed by atoms with Crippen molar-refractivity contribution >= 4 is 15.8 Å². The number of hydrogen-bond acceptors (Lipinski definition) is 5. The molecule has 126 valence electrons. The second kappa shape index (κ2) is 7.18. The third-order valence-electron chi connectivity index (χ3n) is 3.19. The average molecular weight is 348 g/mol. The summed E-state index contributed by atoms with van der Waals surface area (Å²) in [4.78, 5) is 11.1. The molecule has 0 atom stereocenters. The van der Waals surface area contributed by atoms with Crippen LogP contribution in [0.1, 0.15) is 15.9 Å². The molecule has 2 aromatic carbocycles. The lowest BCUT2D eigenvalue weighted by atomic mass is 10.2. The van der Waals surface area contributed by atoms with Gasteiger partial charge in [0.05, 0.1) is 16.9 Å². The van der Waals surface area contributed by atoms with Gasteiger partial charge in [0.1, 0.15) is 17.1 Å². The number of aromatic carboxylic acids is 1. The maximum atomic E-state index is 12.1. The summed E-state index contributed by atoms with van der Waals surface area (Å²) in [5, 5.41) is 18.3. The predicted molar refractivity (Wildman–Crippen MR) is 88.1 cm³/mol. The van der Waals surface area contributed by atoms with E-state index in [1.54, 1.807) is 24.3 Å². The van der Waals surface area contributed by atoms with E-state index >= 15 is 0 Å². The molecule has 0 bridgehead atoms. The fraction of sp³-hybridized carbons (Fsp3) is 0.118. The van der Waals surface area contributed by atoms with E-state index in [4.69, 9.17) is 9.84 Å². The van der Waals surface area contributed by atoms with Gasteiger partial charge < -0.3 is 14.9 Å². The van der Waals surface area contributed by atoms with Crippen molar-refractivity contribution in [3.05, 3.63) is 65.9 Å². The zero-order valence-corrected chi connectivity index (χ0v) is 13.7. The van der Waals surface area contributed by atoms with Gasteiger partial charge in [-0.05, 0) is 43.3 Å². The Morgan fingerprint density at radius 1 is 1.17 bits per heavy atom. The SMILES string of the molecule is Cc1ccc(S(=O)(=O)CC=COc2ccc(O)c(C(=O)O)c2)cc1. The molecule has 0 heterocycles. The minimum absolute atomic E-state index is 0.175. The lowest BCUT2D eigenvalue weighted by Gasteiger charge is -2.04. The molecule has 0 fully saturated rings. The summed E-state index contributed by atoms with van der Waals surface area (Å²) >= 11 is 0. The molecule has 0 unspecified atom stereocenters. The minimum Gasteiger partial charge on any atom is -0.507 e. The number of phenols is 1. The van der Waals surface area contributed by atoms with Gasteiger partial charge in [0.2, 0.25) is 0 Å². The molecule has 6 nitrogen and oxygen atoms in total. The summed E-state index contributed by atoms with van der Waals surface area (Å²) in [5.41, 5.74) is 0.669. The van der Waals surface area contributed by atoms with Crippen LogP contribution in [0.15, 0.2) is 59.7 Å². The quantitative estimate of drug-likeness (QED) is 0.779.